The fourth-order valence-electron chi connectivity index (χ4n) is 2.88. The molecule has 0 atom stereocenters. The molecule has 0 spiro atoms. The Balaban J connectivity index is 2.61. The standard InChI is InChI=1S/C14H27NO/c1-3-12(4-2)10-13(16)14(11-15)8-6-5-7-9-14/h12H,3-11,15H2,1-2H3. The molecule has 0 heterocycles. The van der Waals surface area contributed by atoms with E-state index in [4.69, 9.17) is 5.73 Å². The minimum Gasteiger partial charge on any atom is -0.329 e. The molecule has 0 saturated heterocycles. The van der Waals surface area contributed by atoms with Gasteiger partial charge in [-0.05, 0) is 18.8 Å². The summed E-state index contributed by atoms with van der Waals surface area (Å²) in [6.45, 7) is 4.92. The molecule has 0 amide bonds. The highest BCUT2D eigenvalue weighted by Crippen LogP contribution is 2.38. The van der Waals surface area contributed by atoms with Crippen molar-refractivity contribution < 1.29 is 4.79 Å². The van der Waals surface area contributed by atoms with E-state index in [1.807, 2.05) is 0 Å². The summed E-state index contributed by atoms with van der Waals surface area (Å²) in [5.74, 6) is 1.02. The zero-order valence-electron chi connectivity index (χ0n) is 10.9. The Kier molecular flexibility index (Phi) is 5.47. The van der Waals surface area contributed by atoms with Crippen molar-refractivity contribution in [2.45, 2.75) is 65.2 Å². The number of carbonyl (C=O) groups excluding carboxylic acids is 1. The Labute approximate surface area is 100.0 Å². The van der Waals surface area contributed by atoms with E-state index >= 15 is 0 Å². The topological polar surface area (TPSA) is 43.1 Å². The maximum atomic E-state index is 12.4. The van der Waals surface area contributed by atoms with Crippen LogP contribution in [0.25, 0.3) is 0 Å². The lowest BCUT2D eigenvalue weighted by atomic mass is 9.69. The van der Waals surface area contributed by atoms with Gasteiger partial charge >= 0.3 is 0 Å². The number of ketones is 1. The monoisotopic (exact) mass is 225 g/mol. The Bertz CT molecular complexity index is 215. The van der Waals surface area contributed by atoms with E-state index in [0.29, 0.717) is 18.2 Å². The second-order valence-electron chi connectivity index (χ2n) is 5.35. The van der Waals surface area contributed by atoms with Crippen LogP contribution >= 0.6 is 0 Å². The van der Waals surface area contributed by atoms with Gasteiger partial charge in [0.2, 0.25) is 0 Å². The van der Waals surface area contributed by atoms with Gasteiger partial charge in [-0.1, -0.05) is 46.0 Å². The molecule has 0 aromatic rings. The average molecular weight is 225 g/mol. The van der Waals surface area contributed by atoms with Crippen molar-refractivity contribution in [2.75, 3.05) is 6.54 Å². The highest BCUT2D eigenvalue weighted by Gasteiger charge is 2.37. The maximum absolute atomic E-state index is 12.4. The van der Waals surface area contributed by atoms with Crippen LogP contribution in [0.15, 0.2) is 0 Å². The maximum Gasteiger partial charge on any atom is 0.140 e. The second kappa shape index (κ2) is 6.39. The molecule has 1 rings (SSSR count). The van der Waals surface area contributed by atoms with E-state index < -0.39 is 0 Å². The van der Waals surface area contributed by atoms with Gasteiger partial charge in [0.25, 0.3) is 0 Å². The zero-order valence-corrected chi connectivity index (χ0v) is 10.9. The SMILES string of the molecule is CCC(CC)CC(=O)C1(CN)CCCCC1. The minimum absolute atomic E-state index is 0.152. The van der Waals surface area contributed by atoms with Crippen LogP contribution in [0.3, 0.4) is 0 Å². The molecule has 0 aromatic heterocycles. The molecule has 0 aromatic carbocycles. The molecule has 0 unspecified atom stereocenters. The Morgan fingerprint density at radius 3 is 2.19 bits per heavy atom. The summed E-state index contributed by atoms with van der Waals surface area (Å²) in [6.07, 6.45) is 8.69. The summed E-state index contributed by atoms with van der Waals surface area (Å²) in [5, 5.41) is 0. The summed E-state index contributed by atoms with van der Waals surface area (Å²) in [7, 11) is 0. The van der Waals surface area contributed by atoms with Crippen LogP contribution in [0.1, 0.15) is 65.2 Å². The Morgan fingerprint density at radius 2 is 1.75 bits per heavy atom. The van der Waals surface area contributed by atoms with Gasteiger partial charge in [-0.2, -0.15) is 0 Å². The highest BCUT2D eigenvalue weighted by molar-refractivity contribution is 5.85. The first kappa shape index (κ1) is 13.7. The van der Waals surface area contributed by atoms with Gasteiger partial charge in [0.1, 0.15) is 5.78 Å². The molecule has 1 saturated carbocycles. The number of Topliss-reactive ketones (excluding diaryl/α,β-unsaturated/α-hetero) is 1. The van der Waals surface area contributed by atoms with Crippen LogP contribution in [0.5, 0.6) is 0 Å². The van der Waals surface area contributed by atoms with Crippen LogP contribution in [0.2, 0.25) is 0 Å². The van der Waals surface area contributed by atoms with Crippen LogP contribution in [-0.2, 0) is 4.79 Å². The number of hydrogen-bond donors (Lipinski definition) is 1. The second-order valence-corrected chi connectivity index (χ2v) is 5.35. The lowest BCUT2D eigenvalue weighted by Gasteiger charge is -2.35. The van der Waals surface area contributed by atoms with Gasteiger partial charge in [-0.15, -0.1) is 0 Å². The van der Waals surface area contributed by atoms with Crippen molar-refractivity contribution in [3.8, 4) is 0 Å². The molecule has 0 aliphatic heterocycles. The van der Waals surface area contributed by atoms with E-state index in [2.05, 4.69) is 13.8 Å². The predicted octanol–water partition coefficient (Wildman–Crippen LogP) is 3.29. The fraction of sp³-hybridized carbons (Fsp3) is 0.929. The van der Waals surface area contributed by atoms with Gasteiger partial charge in [0, 0.05) is 18.4 Å². The summed E-state index contributed by atoms with van der Waals surface area (Å²) in [6, 6.07) is 0. The van der Waals surface area contributed by atoms with E-state index in [0.717, 1.165) is 32.1 Å². The van der Waals surface area contributed by atoms with Gasteiger partial charge in [-0.25, -0.2) is 0 Å². The van der Waals surface area contributed by atoms with Crippen LogP contribution in [0, 0.1) is 11.3 Å². The molecular weight excluding hydrogens is 198 g/mol. The molecule has 0 bridgehead atoms. The quantitative estimate of drug-likeness (QED) is 0.753. The van der Waals surface area contributed by atoms with E-state index in [-0.39, 0.29) is 5.41 Å². The third-order valence-corrected chi connectivity index (χ3v) is 4.42. The molecule has 1 aliphatic rings. The molecule has 2 N–H and O–H groups in total. The van der Waals surface area contributed by atoms with Crippen molar-refractivity contribution in [2.24, 2.45) is 17.1 Å². The van der Waals surface area contributed by atoms with E-state index in [9.17, 15) is 4.79 Å². The molecular formula is C14H27NO. The van der Waals surface area contributed by atoms with Crippen molar-refractivity contribution in [1.29, 1.82) is 0 Å². The van der Waals surface area contributed by atoms with E-state index in [1.165, 1.54) is 19.3 Å². The van der Waals surface area contributed by atoms with Crippen molar-refractivity contribution in [3.05, 3.63) is 0 Å². The Hall–Kier alpha value is -0.370. The summed E-state index contributed by atoms with van der Waals surface area (Å²) >= 11 is 0. The van der Waals surface area contributed by atoms with Gasteiger partial charge in [0.05, 0.1) is 0 Å². The largest absolute Gasteiger partial charge is 0.329 e. The van der Waals surface area contributed by atoms with E-state index in [1.54, 1.807) is 0 Å². The lowest BCUT2D eigenvalue weighted by Crippen LogP contribution is -2.41. The van der Waals surface area contributed by atoms with Gasteiger partial charge in [0.15, 0.2) is 0 Å². The first-order chi connectivity index (χ1) is 7.68. The molecule has 1 fully saturated rings. The zero-order chi connectivity index (χ0) is 12.0. The third-order valence-electron chi connectivity index (χ3n) is 4.42. The highest BCUT2D eigenvalue weighted by atomic mass is 16.1. The fourth-order valence-corrected chi connectivity index (χ4v) is 2.88. The lowest BCUT2D eigenvalue weighted by molar-refractivity contribution is -0.131. The minimum atomic E-state index is -0.152. The van der Waals surface area contributed by atoms with Gasteiger partial charge in [-0.3, -0.25) is 4.79 Å². The third kappa shape index (κ3) is 3.07. The normalized spacial score (nSPS) is 20.0. The summed E-state index contributed by atoms with van der Waals surface area (Å²) in [4.78, 5) is 12.4. The number of nitrogens with two attached hydrogens (primary N) is 1. The Morgan fingerprint density at radius 1 is 1.19 bits per heavy atom. The molecule has 94 valence electrons. The van der Waals surface area contributed by atoms with Crippen molar-refractivity contribution in [3.63, 3.8) is 0 Å². The molecule has 0 radical (unpaired) electrons. The average Bonchev–Trinajstić information content (AvgIpc) is 2.36. The number of rotatable bonds is 6. The summed E-state index contributed by atoms with van der Waals surface area (Å²) < 4.78 is 0. The first-order valence-electron chi connectivity index (χ1n) is 6.92. The van der Waals surface area contributed by atoms with Crippen LogP contribution in [0.4, 0.5) is 0 Å². The van der Waals surface area contributed by atoms with Crippen LogP contribution in [-0.4, -0.2) is 12.3 Å². The number of hydrogen-bond acceptors (Lipinski definition) is 2. The first-order valence-corrected chi connectivity index (χ1v) is 6.92. The molecule has 16 heavy (non-hydrogen) atoms. The smallest absolute Gasteiger partial charge is 0.140 e. The van der Waals surface area contributed by atoms with Gasteiger partial charge < -0.3 is 5.73 Å². The van der Waals surface area contributed by atoms with Crippen molar-refractivity contribution >= 4 is 5.78 Å². The van der Waals surface area contributed by atoms with Crippen LogP contribution < -0.4 is 5.73 Å². The molecule has 2 heteroatoms. The summed E-state index contributed by atoms with van der Waals surface area (Å²) in [5.41, 5.74) is 5.73. The predicted molar refractivity (Wildman–Crippen MR) is 68.3 cm³/mol. The number of carbonyl (C=O) groups is 1. The van der Waals surface area contributed by atoms with Crippen molar-refractivity contribution in [1.82, 2.24) is 0 Å². The molecule has 1 aliphatic carbocycles. The molecule has 2 nitrogen and oxygen atoms in total.